The SMILES string of the molecule is CCc1ccc2c(c1)C(=NC#N)CC(c1ccccc1)O2. The summed E-state index contributed by atoms with van der Waals surface area (Å²) < 4.78 is 6.10. The Morgan fingerprint density at radius 1 is 1.24 bits per heavy atom. The summed E-state index contributed by atoms with van der Waals surface area (Å²) in [6.07, 6.45) is 3.41. The van der Waals surface area contributed by atoms with Gasteiger partial charge in [-0.05, 0) is 29.7 Å². The van der Waals surface area contributed by atoms with Crippen molar-refractivity contribution in [1.82, 2.24) is 0 Å². The summed E-state index contributed by atoms with van der Waals surface area (Å²) in [5, 5.41) is 8.95. The highest BCUT2D eigenvalue weighted by molar-refractivity contribution is 6.04. The average Bonchev–Trinajstić information content (AvgIpc) is 2.55. The van der Waals surface area contributed by atoms with Crippen molar-refractivity contribution in [2.24, 2.45) is 4.99 Å². The van der Waals surface area contributed by atoms with Gasteiger partial charge in [-0.2, -0.15) is 10.3 Å². The molecule has 1 aliphatic rings. The van der Waals surface area contributed by atoms with Crippen LogP contribution >= 0.6 is 0 Å². The monoisotopic (exact) mass is 276 g/mol. The summed E-state index contributed by atoms with van der Waals surface area (Å²) >= 11 is 0. The first-order chi connectivity index (χ1) is 10.3. The summed E-state index contributed by atoms with van der Waals surface area (Å²) in [4.78, 5) is 4.02. The van der Waals surface area contributed by atoms with E-state index in [1.807, 2.05) is 42.6 Å². The minimum atomic E-state index is -0.0849. The topological polar surface area (TPSA) is 45.4 Å². The van der Waals surface area contributed by atoms with E-state index in [-0.39, 0.29) is 6.10 Å². The third kappa shape index (κ3) is 2.66. The van der Waals surface area contributed by atoms with E-state index in [2.05, 4.69) is 24.0 Å². The second-order valence-corrected chi connectivity index (χ2v) is 5.06. The Morgan fingerprint density at radius 2 is 2.05 bits per heavy atom. The molecule has 0 radical (unpaired) electrons. The molecule has 0 saturated carbocycles. The van der Waals surface area contributed by atoms with Gasteiger partial charge < -0.3 is 4.74 Å². The van der Waals surface area contributed by atoms with Crippen LogP contribution in [0.25, 0.3) is 0 Å². The highest BCUT2D eigenvalue weighted by Gasteiger charge is 2.26. The van der Waals surface area contributed by atoms with Crippen molar-refractivity contribution >= 4 is 5.71 Å². The first-order valence-corrected chi connectivity index (χ1v) is 7.12. The summed E-state index contributed by atoms with van der Waals surface area (Å²) in [5.74, 6) is 0.807. The number of rotatable bonds is 2. The number of hydrogen-bond acceptors (Lipinski definition) is 3. The average molecular weight is 276 g/mol. The summed E-state index contributed by atoms with van der Waals surface area (Å²) in [7, 11) is 0. The fourth-order valence-corrected chi connectivity index (χ4v) is 2.63. The number of fused-ring (bicyclic) bond motifs is 1. The minimum Gasteiger partial charge on any atom is -0.485 e. The molecule has 0 amide bonds. The number of nitriles is 1. The van der Waals surface area contributed by atoms with Gasteiger partial charge in [0.25, 0.3) is 0 Å². The fourth-order valence-electron chi connectivity index (χ4n) is 2.63. The van der Waals surface area contributed by atoms with E-state index in [1.54, 1.807) is 0 Å². The smallest absolute Gasteiger partial charge is 0.205 e. The second kappa shape index (κ2) is 5.80. The van der Waals surface area contributed by atoms with Crippen LogP contribution < -0.4 is 4.74 Å². The molecule has 0 fully saturated rings. The molecule has 0 aromatic heterocycles. The van der Waals surface area contributed by atoms with Crippen LogP contribution in [-0.2, 0) is 6.42 Å². The molecule has 3 rings (SSSR count). The molecule has 1 atom stereocenters. The standard InChI is InChI=1S/C18H16N2O/c1-2-13-8-9-17-15(10-13)16(20-12-19)11-18(21-17)14-6-4-3-5-7-14/h3-10,18H,2,11H2,1H3. The zero-order chi connectivity index (χ0) is 14.7. The Morgan fingerprint density at radius 3 is 2.76 bits per heavy atom. The van der Waals surface area contributed by atoms with Crippen LogP contribution in [0.1, 0.15) is 36.1 Å². The molecular weight excluding hydrogens is 260 g/mol. The maximum absolute atomic E-state index is 8.95. The molecule has 2 aromatic carbocycles. The van der Waals surface area contributed by atoms with Crippen molar-refractivity contribution in [2.45, 2.75) is 25.9 Å². The molecule has 0 spiro atoms. The summed E-state index contributed by atoms with van der Waals surface area (Å²) in [5.41, 5.74) is 4.08. The van der Waals surface area contributed by atoms with Gasteiger partial charge in [0.15, 0.2) is 0 Å². The number of ether oxygens (including phenoxy) is 1. The molecule has 2 aromatic rings. The molecule has 0 saturated heterocycles. The zero-order valence-electron chi connectivity index (χ0n) is 11.9. The molecular formula is C18H16N2O. The van der Waals surface area contributed by atoms with Gasteiger partial charge in [-0.25, -0.2) is 0 Å². The van der Waals surface area contributed by atoms with Gasteiger partial charge in [-0.1, -0.05) is 43.3 Å². The van der Waals surface area contributed by atoms with E-state index in [0.717, 1.165) is 29.0 Å². The highest BCUT2D eigenvalue weighted by Crippen LogP contribution is 2.35. The van der Waals surface area contributed by atoms with E-state index in [0.29, 0.717) is 6.42 Å². The molecule has 0 bridgehead atoms. The normalized spacial score (nSPS) is 18.7. The van der Waals surface area contributed by atoms with Crippen molar-refractivity contribution in [3.05, 3.63) is 65.2 Å². The predicted molar refractivity (Wildman–Crippen MR) is 82.4 cm³/mol. The molecule has 21 heavy (non-hydrogen) atoms. The molecule has 3 heteroatoms. The molecule has 1 unspecified atom stereocenters. The lowest BCUT2D eigenvalue weighted by atomic mass is 9.94. The number of aryl methyl sites for hydroxylation is 1. The van der Waals surface area contributed by atoms with Crippen LogP contribution in [0.2, 0.25) is 0 Å². The van der Waals surface area contributed by atoms with Crippen LogP contribution in [0, 0.1) is 11.5 Å². The van der Waals surface area contributed by atoms with Crippen LogP contribution in [0.4, 0.5) is 0 Å². The van der Waals surface area contributed by atoms with Gasteiger partial charge in [0.05, 0.1) is 5.71 Å². The highest BCUT2D eigenvalue weighted by atomic mass is 16.5. The van der Waals surface area contributed by atoms with Crippen molar-refractivity contribution in [3.63, 3.8) is 0 Å². The largest absolute Gasteiger partial charge is 0.485 e. The molecule has 0 aliphatic carbocycles. The van der Waals surface area contributed by atoms with Crippen molar-refractivity contribution < 1.29 is 4.74 Å². The van der Waals surface area contributed by atoms with E-state index < -0.39 is 0 Å². The fraction of sp³-hybridized carbons (Fsp3) is 0.222. The first kappa shape index (κ1) is 13.4. The van der Waals surface area contributed by atoms with E-state index >= 15 is 0 Å². The van der Waals surface area contributed by atoms with E-state index in [1.165, 1.54) is 5.56 Å². The number of hydrogen-bond donors (Lipinski definition) is 0. The first-order valence-electron chi connectivity index (χ1n) is 7.12. The van der Waals surface area contributed by atoms with Crippen LogP contribution in [0.5, 0.6) is 5.75 Å². The van der Waals surface area contributed by atoms with E-state index in [9.17, 15) is 0 Å². The Balaban J connectivity index is 2.03. The van der Waals surface area contributed by atoms with Gasteiger partial charge in [-0.3, -0.25) is 0 Å². The van der Waals surface area contributed by atoms with Crippen molar-refractivity contribution in [1.29, 1.82) is 5.26 Å². The molecule has 104 valence electrons. The minimum absolute atomic E-state index is 0.0849. The molecule has 1 heterocycles. The molecule has 3 nitrogen and oxygen atoms in total. The summed E-state index contributed by atoms with van der Waals surface area (Å²) in [6.45, 7) is 2.11. The lowest BCUT2D eigenvalue weighted by Gasteiger charge is -2.27. The number of nitrogens with zero attached hydrogens (tertiary/aromatic N) is 2. The van der Waals surface area contributed by atoms with Crippen LogP contribution in [0.3, 0.4) is 0 Å². The van der Waals surface area contributed by atoms with Gasteiger partial charge in [0.1, 0.15) is 11.9 Å². The van der Waals surface area contributed by atoms with Crippen molar-refractivity contribution in [3.8, 4) is 11.9 Å². The molecule has 0 N–H and O–H groups in total. The third-order valence-electron chi connectivity index (χ3n) is 3.77. The lowest BCUT2D eigenvalue weighted by molar-refractivity contribution is 0.206. The zero-order valence-corrected chi connectivity index (χ0v) is 11.9. The quantitative estimate of drug-likeness (QED) is 0.777. The summed E-state index contributed by atoms with van der Waals surface area (Å²) in [6, 6.07) is 16.2. The van der Waals surface area contributed by atoms with E-state index in [4.69, 9.17) is 10.00 Å². The van der Waals surface area contributed by atoms with Crippen LogP contribution in [-0.4, -0.2) is 5.71 Å². The predicted octanol–water partition coefficient (Wildman–Crippen LogP) is 4.04. The van der Waals surface area contributed by atoms with Gasteiger partial charge >= 0.3 is 0 Å². The maximum atomic E-state index is 8.95. The Labute approximate surface area is 124 Å². The lowest BCUT2D eigenvalue weighted by Crippen LogP contribution is -2.21. The Hall–Kier alpha value is -2.60. The molecule has 1 aliphatic heterocycles. The Kier molecular flexibility index (Phi) is 3.70. The second-order valence-electron chi connectivity index (χ2n) is 5.06. The number of benzene rings is 2. The van der Waals surface area contributed by atoms with Crippen LogP contribution in [0.15, 0.2) is 53.5 Å². The van der Waals surface area contributed by atoms with Gasteiger partial charge in [0, 0.05) is 12.0 Å². The Bertz CT molecular complexity index is 714. The number of aliphatic imine (C=N–C) groups is 1. The van der Waals surface area contributed by atoms with Crippen molar-refractivity contribution in [2.75, 3.05) is 0 Å². The van der Waals surface area contributed by atoms with Gasteiger partial charge in [-0.15, -0.1) is 0 Å². The maximum Gasteiger partial charge on any atom is 0.205 e. The van der Waals surface area contributed by atoms with Gasteiger partial charge in [0.2, 0.25) is 6.19 Å². The third-order valence-corrected chi connectivity index (χ3v) is 3.77.